The number of hydrogen-bond donors (Lipinski definition) is 2. The van der Waals surface area contributed by atoms with Gasteiger partial charge < -0.3 is 15.4 Å². The number of ether oxygens (including phenoxy) is 1. The van der Waals surface area contributed by atoms with Crippen molar-refractivity contribution in [3.63, 3.8) is 0 Å². The topological polar surface area (TPSA) is 67.4 Å². The number of nitrogens with one attached hydrogen (secondary N) is 2. The van der Waals surface area contributed by atoms with E-state index in [1.165, 1.54) is 32.1 Å². The molecule has 0 saturated heterocycles. The molecule has 0 heterocycles. The molecule has 1 unspecified atom stereocenters. The predicted octanol–water partition coefficient (Wildman–Crippen LogP) is 2.47. The van der Waals surface area contributed by atoms with Crippen molar-refractivity contribution < 1.29 is 18.7 Å². The molecule has 1 fully saturated rings. The van der Waals surface area contributed by atoms with E-state index in [9.17, 15) is 14.0 Å². The van der Waals surface area contributed by atoms with Gasteiger partial charge in [0.2, 0.25) is 0 Å². The third-order valence-electron chi connectivity index (χ3n) is 4.35. The van der Waals surface area contributed by atoms with Crippen molar-refractivity contribution in [1.29, 1.82) is 0 Å². The van der Waals surface area contributed by atoms with Crippen LogP contribution in [0.15, 0.2) is 24.3 Å². The van der Waals surface area contributed by atoms with Gasteiger partial charge in [0.1, 0.15) is 5.82 Å². The molecule has 1 saturated carbocycles. The van der Waals surface area contributed by atoms with Crippen molar-refractivity contribution in [1.82, 2.24) is 10.6 Å². The standard InChI is InChI=1S/C18H25FN2O3/c1-24-16(13-7-6-8-14(19)11-13)12-20-17(22)18(23)21-15-9-4-2-3-5-10-15/h6-8,11,15-16H,2-5,9-10,12H2,1H3,(H,20,22)(H,21,23). The van der Waals surface area contributed by atoms with Crippen molar-refractivity contribution in [2.45, 2.75) is 50.7 Å². The van der Waals surface area contributed by atoms with Crippen LogP contribution in [0.2, 0.25) is 0 Å². The number of rotatable bonds is 5. The maximum absolute atomic E-state index is 13.3. The van der Waals surface area contributed by atoms with Crippen LogP contribution in [0.1, 0.15) is 50.2 Å². The van der Waals surface area contributed by atoms with Gasteiger partial charge in [-0.25, -0.2) is 4.39 Å². The molecule has 2 amide bonds. The Kier molecular flexibility index (Phi) is 7.18. The summed E-state index contributed by atoms with van der Waals surface area (Å²) in [4.78, 5) is 24.0. The molecule has 0 aromatic heterocycles. The number of carbonyl (C=O) groups excluding carboxylic acids is 2. The van der Waals surface area contributed by atoms with Crippen molar-refractivity contribution >= 4 is 11.8 Å². The van der Waals surface area contributed by atoms with E-state index in [0.29, 0.717) is 5.56 Å². The Labute approximate surface area is 142 Å². The lowest BCUT2D eigenvalue weighted by Gasteiger charge is -2.18. The minimum Gasteiger partial charge on any atom is -0.375 e. The Morgan fingerprint density at radius 3 is 2.54 bits per heavy atom. The van der Waals surface area contributed by atoms with Crippen LogP contribution in [0, 0.1) is 5.82 Å². The molecular weight excluding hydrogens is 311 g/mol. The van der Waals surface area contributed by atoms with Crippen LogP contribution in [0.4, 0.5) is 4.39 Å². The molecule has 24 heavy (non-hydrogen) atoms. The highest BCUT2D eigenvalue weighted by molar-refractivity contribution is 6.35. The van der Waals surface area contributed by atoms with Crippen LogP contribution in [0.3, 0.4) is 0 Å². The van der Waals surface area contributed by atoms with E-state index in [1.54, 1.807) is 12.1 Å². The monoisotopic (exact) mass is 336 g/mol. The first-order valence-electron chi connectivity index (χ1n) is 8.47. The molecule has 1 atom stereocenters. The van der Waals surface area contributed by atoms with Crippen LogP contribution >= 0.6 is 0 Å². The van der Waals surface area contributed by atoms with Crippen LogP contribution < -0.4 is 10.6 Å². The van der Waals surface area contributed by atoms with Gasteiger partial charge in [0.15, 0.2) is 0 Å². The SMILES string of the molecule is COC(CNC(=O)C(=O)NC1CCCCCC1)c1cccc(F)c1. The quantitative estimate of drug-likeness (QED) is 0.641. The fourth-order valence-electron chi connectivity index (χ4n) is 2.98. The second kappa shape index (κ2) is 9.37. The highest BCUT2D eigenvalue weighted by atomic mass is 19.1. The molecule has 0 radical (unpaired) electrons. The zero-order chi connectivity index (χ0) is 17.4. The molecule has 0 aliphatic heterocycles. The van der Waals surface area contributed by atoms with Gasteiger partial charge in [0.05, 0.1) is 6.10 Å². The van der Waals surface area contributed by atoms with Gasteiger partial charge >= 0.3 is 11.8 Å². The average molecular weight is 336 g/mol. The van der Waals surface area contributed by atoms with E-state index in [1.807, 2.05) is 0 Å². The lowest BCUT2D eigenvalue weighted by atomic mass is 10.1. The van der Waals surface area contributed by atoms with Crippen molar-refractivity contribution in [2.75, 3.05) is 13.7 Å². The third-order valence-corrected chi connectivity index (χ3v) is 4.35. The lowest BCUT2D eigenvalue weighted by Crippen LogP contribution is -2.45. The normalized spacial score (nSPS) is 16.9. The van der Waals surface area contributed by atoms with Gasteiger partial charge in [-0.05, 0) is 30.5 Å². The first-order chi connectivity index (χ1) is 11.6. The highest BCUT2D eigenvalue weighted by Gasteiger charge is 2.21. The number of amides is 2. The molecule has 1 aliphatic carbocycles. The summed E-state index contributed by atoms with van der Waals surface area (Å²) >= 11 is 0. The summed E-state index contributed by atoms with van der Waals surface area (Å²) in [5.41, 5.74) is 0.613. The minimum absolute atomic E-state index is 0.0761. The van der Waals surface area contributed by atoms with Gasteiger partial charge in [-0.15, -0.1) is 0 Å². The number of benzene rings is 1. The highest BCUT2D eigenvalue weighted by Crippen LogP contribution is 2.18. The summed E-state index contributed by atoms with van der Waals surface area (Å²) in [6.45, 7) is 0.108. The molecule has 6 heteroatoms. The molecular formula is C18H25FN2O3. The Balaban J connectivity index is 1.83. The maximum Gasteiger partial charge on any atom is 0.309 e. The van der Waals surface area contributed by atoms with E-state index < -0.39 is 17.9 Å². The van der Waals surface area contributed by atoms with Gasteiger partial charge in [0, 0.05) is 19.7 Å². The zero-order valence-corrected chi connectivity index (χ0v) is 14.0. The average Bonchev–Trinajstić information content (AvgIpc) is 2.84. The molecule has 1 aromatic rings. The third kappa shape index (κ3) is 5.60. The Morgan fingerprint density at radius 1 is 1.21 bits per heavy atom. The molecule has 1 aromatic carbocycles. The van der Waals surface area contributed by atoms with Gasteiger partial charge in [-0.2, -0.15) is 0 Å². The summed E-state index contributed by atoms with van der Waals surface area (Å²) < 4.78 is 18.6. The predicted molar refractivity (Wildman–Crippen MR) is 88.8 cm³/mol. The molecule has 2 N–H and O–H groups in total. The van der Waals surface area contributed by atoms with E-state index in [2.05, 4.69) is 10.6 Å². The first-order valence-corrected chi connectivity index (χ1v) is 8.47. The van der Waals surface area contributed by atoms with E-state index >= 15 is 0 Å². The summed E-state index contributed by atoms with van der Waals surface area (Å²) in [5.74, 6) is -1.67. The summed E-state index contributed by atoms with van der Waals surface area (Å²) in [6, 6.07) is 6.07. The van der Waals surface area contributed by atoms with Gasteiger partial charge in [-0.1, -0.05) is 37.8 Å². The Hall–Kier alpha value is -1.95. The lowest BCUT2D eigenvalue weighted by molar-refractivity contribution is -0.140. The zero-order valence-electron chi connectivity index (χ0n) is 14.0. The van der Waals surface area contributed by atoms with Crippen LogP contribution in [-0.4, -0.2) is 31.5 Å². The smallest absolute Gasteiger partial charge is 0.309 e. The van der Waals surface area contributed by atoms with Crippen molar-refractivity contribution in [3.8, 4) is 0 Å². The number of carbonyl (C=O) groups is 2. The van der Waals surface area contributed by atoms with Crippen LogP contribution in [0.25, 0.3) is 0 Å². The number of halogens is 1. The summed E-state index contributed by atoms with van der Waals surface area (Å²) in [5, 5.41) is 5.36. The fourth-order valence-corrected chi connectivity index (χ4v) is 2.98. The van der Waals surface area contributed by atoms with Crippen molar-refractivity contribution in [2.24, 2.45) is 0 Å². The first kappa shape index (κ1) is 18.4. The van der Waals surface area contributed by atoms with Gasteiger partial charge in [-0.3, -0.25) is 9.59 Å². The Bertz CT molecular complexity index is 557. The minimum atomic E-state index is -0.683. The second-order valence-corrected chi connectivity index (χ2v) is 6.15. The van der Waals surface area contributed by atoms with Crippen molar-refractivity contribution in [3.05, 3.63) is 35.6 Å². The van der Waals surface area contributed by atoms with Gasteiger partial charge in [0.25, 0.3) is 0 Å². The van der Waals surface area contributed by atoms with E-state index in [0.717, 1.165) is 25.7 Å². The maximum atomic E-state index is 13.3. The largest absolute Gasteiger partial charge is 0.375 e. The molecule has 1 aliphatic rings. The molecule has 5 nitrogen and oxygen atoms in total. The number of hydrogen-bond acceptors (Lipinski definition) is 3. The molecule has 0 bridgehead atoms. The molecule has 2 rings (SSSR count). The second-order valence-electron chi connectivity index (χ2n) is 6.15. The van der Waals surface area contributed by atoms with Crippen LogP contribution in [-0.2, 0) is 14.3 Å². The summed E-state index contributed by atoms with van der Waals surface area (Å²) in [6.07, 6.45) is 5.86. The fraction of sp³-hybridized carbons (Fsp3) is 0.556. The van der Waals surface area contributed by atoms with E-state index in [-0.39, 0.29) is 18.4 Å². The van der Waals surface area contributed by atoms with Crippen LogP contribution in [0.5, 0.6) is 0 Å². The molecule has 0 spiro atoms. The summed E-state index contributed by atoms with van der Waals surface area (Å²) in [7, 11) is 1.48. The van der Waals surface area contributed by atoms with E-state index in [4.69, 9.17) is 4.74 Å². The number of methoxy groups -OCH3 is 1. The molecule has 132 valence electrons. The Morgan fingerprint density at radius 2 is 1.92 bits per heavy atom.